The molecule has 0 rings (SSSR count). The molecule has 19 heavy (non-hydrogen) atoms. The lowest BCUT2D eigenvalue weighted by Gasteiger charge is -2.25. The van der Waals surface area contributed by atoms with Gasteiger partial charge in [-0.25, -0.2) is 0 Å². The smallest absolute Gasteiger partial charge is 0.275 e. The van der Waals surface area contributed by atoms with Gasteiger partial charge in [-0.2, -0.15) is 0 Å². The van der Waals surface area contributed by atoms with E-state index in [2.05, 4.69) is 0 Å². The summed E-state index contributed by atoms with van der Waals surface area (Å²) >= 11 is 0. The van der Waals surface area contributed by atoms with Gasteiger partial charge in [-0.15, -0.1) is 0 Å². The summed E-state index contributed by atoms with van der Waals surface area (Å²) in [6.45, 7) is 9.82. The van der Waals surface area contributed by atoms with Crippen molar-refractivity contribution in [1.29, 1.82) is 0 Å². The molecule has 2 atom stereocenters. The second-order valence-electron chi connectivity index (χ2n) is 5.61. The molecule has 5 heteroatoms. The largest absolute Gasteiger partial charge is 0.463 e. The molecule has 0 bridgehead atoms. The Hall–Kier alpha value is -0.780. The van der Waals surface area contributed by atoms with E-state index in [1.54, 1.807) is 14.2 Å². The van der Waals surface area contributed by atoms with Crippen LogP contribution in [-0.2, 0) is 18.9 Å². The van der Waals surface area contributed by atoms with Crippen molar-refractivity contribution >= 4 is 0 Å². The number of ether oxygens (including phenoxy) is 4. The fourth-order valence-electron chi connectivity index (χ4n) is 1.38. The third kappa shape index (κ3) is 8.86. The Kier molecular flexibility index (Phi) is 8.06. The number of rotatable bonds is 8. The van der Waals surface area contributed by atoms with E-state index in [1.165, 1.54) is 0 Å². The normalized spacial score (nSPS) is 16.4. The van der Waals surface area contributed by atoms with Crippen molar-refractivity contribution in [2.24, 2.45) is 5.73 Å². The third-order valence-corrected chi connectivity index (χ3v) is 2.22. The highest BCUT2D eigenvalue weighted by molar-refractivity contribution is 4.90. The summed E-state index contributed by atoms with van der Waals surface area (Å²) in [4.78, 5) is 0. The average molecular weight is 275 g/mol. The molecule has 0 fully saturated rings. The molecule has 0 aliphatic rings. The molecule has 0 radical (unpaired) electrons. The first-order chi connectivity index (χ1) is 8.69. The van der Waals surface area contributed by atoms with Crippen LogP contribution in [0.5, 0.6) is 0 Å². The first kappa shape index (κ1) is 18.2. The predicted octanol–water partition coefficient (Wildman–Crippen LogP) is 2.40. The minimum atomic E-state index is -0.476. The molecule has 0 spiro atoms. The summed E-state index contributed by atoms with van der Waals surface area (Å²) in [5.74, 6) is 0.493. The number of hydrogen-bond donors (Lipinski definition) is 1. The summed E-state index contributed by atoms with van der Waals surface area (Å²) in [5.41, 5.74) is 5.47. The van der Waals surface area contributed by atoms with E-state index < -0.39 is 6.23 Å². The maximum absolute atomic E-state index is 5.78. The summed E-state index contributed by atoms with van der Waals surface area (Å²) in [5, 5.41) is 0. The van der Waals surface area contributed by atoms with E-state index in [9.17, 15) is 0 Å². The van der Waals surface area contributed by atoms with Crippen LogP contribution in [0, 0.1) is 0 Å². The zero-order valence-electron chi connectivity index (χ0n) is 13.2. The quantitative estimate of drug-likeness (QED) is 0.544. The van der Waals surface area contributed by atoms with Crippen LogP contribution in [0.2, 0.25) is 0 Å². The first-order valence-electron chi connectivity index (χ1n) is 6.56. The molecule has 0 aromatic heterocycles. The minimum absolute atomic E-state index is 0.0469. The molecule has 5 nitrogen and oxygen atoms in total. The molecule has 0 aliphatic heterocycles. The second-order valence-corrected chi connectivity index (χ2v) is 5.61. The van der Waals surface area contributed by atoms with E-state index >= 15 is 0 Å². The Morgan fingerprint density at radius 1 is 1.16 bits per heavy atom. The average Bonchev–Trinajstić information content (AvgIpc) is 2.26. The maximum Gasteiger partial charge on any atom is 0.275 e. The van der Waals surface area contributed by atoms with Crippen LogP contribution in [-0.4, -0.2) is 38.3 Å². The summed E-state index contributed by atoms with van der Waals surface area (Å²) in [6, 6.07) is 0. The molecule has 0 aromatic carbocycles. The number of hydrogen-bond acceptors (Lipinski definition) is 5. The van der Waals surface area contributed by atoms with Crippen molar-refractivity contribution in [3.63, 3.8) is 0 Å². The van der Waals surface area contributed by atoms with Crippen molar-refractivity contribution < 1.29 is 18.9 Å². The first-order valence-corrected chi connectivity index (χ1v) is 6.56. The van der Waals surface area contributed by atoms with Crippen LogP contribution < -0.4 is 5.73 Å². The Morgan fingerprint density at radius 3 is 2.11 bits per heavy atom. The van der Waals surface area contributed by atoms with Crippen molar-refractivity contribution in [2.75, 3.05) is 14.2 Å². The lowest BCUT2D eigenvalue weighted by molar-refractivity contribution is -0.0646. The lowest BCUT2D eigenvalue weighted by atomic mass is 10.2. The molecular weight excluding hydrogens is 246 g/mol. The highest BCUT2D eigenvalue weighted by atomic mass is 16.7. The second kappa shape index (κ2) is 8.40. The van der Waals surface area contributed by atoms with Crippen LogP contribution in [0.3, 0.4) is 0 Å². The van der Waals surface area contributed by atoms with Crippen LogP contribution in [0.1, 0.15) is 41.0 Å². The SMILES string of the molecule is COC(C/C=C(\OC(C)C)OC(C)(C)C)[C@H](N)OC. The van der Waals surface area contributed by atoms with Crippen molar-refractivity contribution in [2.45, 2.75) is 65.1 Å². The standard InChI is InChI=1S/C14H29NO4/c1-10(2)18-12(19-14(3,4)5)9-8-11(16-6)13(15)17-7/h9-11,13H,8,15H2,1-7H3/b12-9+/t11?,13-/m1/s1. The molecule has 0 heterocycles. The van der Waals surface area contributed by atoms with E-state index in [1.807, 2.05) is 40.7 Å². The number of methoxy groups -OCH3 is 2. The van der Waals surface area contributed by atoms with Gasteiger partial charge < -0.3 is 24.7 Å². The van der Waals surface area contributed by atoms with Gasteiger partial charge in [0.25, 0.3) is 5.95 Å². The fraction of sp³-hybridized carbons (Fsp3) is 0.857. The van der Waals surface area contributed by atoms with Gasteiger partial charge in [0.1, 0.15) is 17.9 Å². The van der Waals surface area contributed by atoms with E-state index in [0.717, 1.165) is 0 Å². The molecule has 0 aliphatic carbocycles. The lowest BCUT2D eigenvalue weighted by Crippen LogP contribution is -2.37. The fourth-order valence-corrected chi connectivity index (χ4v) is 1.38. The minimum Gasteiger partial charge on any atom is -0.463 e. The van der Waals surface area contributed by atoms with Gasteiger partial charge in [-0.3, -0.25) is 0 Å². The van der Waals surface area contributed by atoms with Gasteiger partial charge >= 0.3 is 0 Å². The van der Waals surface area contributed by atoms with Gasteiger partial charge in [0.05, 0.1) is 6.10 Å². The summed E-state index contributed by atoms with van der Waals surface area (Å²) < 4.78 is 21.7. The molecular formula is C14H29NO4. The molecule has 0 saturated carbocycles. The van der Waals surface area contributed by atoms with E-state index in [0.29, 0.717) is 12.4 Å². The predicted molar refractivity (Wildman–Crippen MR) is 75.5 cm³/mol. The highest BCUT2D eigenvalue weighted by Crippen LogP contribution is 2.17. The summed E-state index contributed by atoms with van der Waals surface area (Å²) in [7, 11) is 3.16. The topological polar surface area (TPSA) is 62.9 Å². The Bertz CT molecular complexity index is 271. The molecule has 0 amide bonds. The van der Waals surface area contributed by atoms with Crippen LogP contribution >= 0.6 is 0 Å². The van der Waals surface area contributed by atoms with Crippen LogP contribution in [0.25, 0.3) is 0 Å². The van der Waals surface area contributed by atoms with Crippen molar-refractivity contribution in [3.8, 4) is 0 Å². The molecule has 2 N–H and O–H groups in total. The van der Waals surface area contributed by atoms with Gasteiger partial charge in [0.2, 0.25) is 0 Å². The van der Waals surface area contributed by atoms with Crippen molar-refractivity contribution in [3.05, 3.63) is 12.0 Å². The van der Waals surface area contributed by atoms with Gasteiger partial charge in [-0.1, -0.05) is 0 Å². The molecule has 0 saturated heterocycles. The third-order valence-electron chi connectivity index (χ3n) is 2.22. The van der Waals surface area contributed by atoms with Gasteiger partial charge in [0, 0.05) is 20.6 Å². The number of nitrogens with two attached hydrogens (primary N) is 1. The Labute approximate surface area is 117 Å². The van der Waals surface area contributed by atoms with Gasteiger partial charge in [0.15, 0.2) is 0 Å². The monoisotopic (exact) mass is 275 g/mol. The zero-order chi connectivity index (χ0) is 15.1. The molecule has 114 valence electrons. The Balaban J connectivity index is 4.69. The maximum atomic E-state index is 5.78. The molecule has 1 unspecified atom stereocenters. The van der Waals surface area contributed by atoms with E-state index in [4.69, 9.17) is 24.7 Å². The van der Waals surface area contributed by atoms with Crippen molar-refractivity contribution in [1.82, 2.24) is 0 Å². The molecule has 0 aromatic rings. The van der Waals surface area contributed by atoms with Crippen LogP contribution in [0.15, 0.2) is 12.0 Å². The van der Waals surface area contributed by atoms with E-state index in [-0.39, 0.29) is 17.8 Å². The zero-order valence-corrected chi connectivity index (χ0v) is 13.2. The highest BCUT2D eigenvalue weighted by Gasteiger charge is 2.19. The van der Waals surface area contributed by atoms with Gasteiger partial charge in [-0.05, 0) is 40.7 Å². The van der Waals surface area contributed by atoms with Crippen LogP contribution in [0.4, 0.5) is 0 Å². The summed E-state index contributed by atoms with van der Waals surface area (Å²) in [6.07, 6.45) is 1.74. The Morgan fingerprint density at radius 2 is 1.74 bits per heavy atom.